The predicted molar refractivity (Wildman–Crippen MR) is 65.7 cm³/mol. The standard InChI is InChI=1S/C13H9N3O2/c17-8-1-2-9-7(5-8)6-10-11(9)15-13(18)12-14-3-4-16(10)12/h1-5,17H,6H2,(H,15,18). The molecule has 1 aliphatic rings. The smallest absolute Gasteiger partial charge is 0.292 e. The Morgan fingerprint density at radius 1 is 1.39 bits per heavy atom. The number of fused-ring (bicyclic) bond motifs is 5. The van der Waals surface area contributed by atoms with Crippen molar-refractivity contribution < 1.29 is 5.11 Å². The molecule has 0 fully saturated rings. The number of H-pyrrole nitrogens is 1. The Hall–Kier alpha value is -2.56. The molecule has 0 amide bonds. The first-order valence-corrected chi connectivity index (χ1v) is 5.64. The average Bonchev–Trinajstić information content (AvgIpc) is 2.93. The van der Waals surface area contributed by atoms with Crippen molar-refractivity contribution in [2.45, 2.75) is 6.42 Å². The summed E-state index contributed by atoms with van der Waals surface area (Å²) in [5.41, 5.74) is 4.02. The van der Waals surface area contributed by atoms with E-state index in [0.29, 0.717) is 12.1 Å². The second-order valence-electron chi connectivity index (χ2n) is 4.41. The molecular weight excluding hydrogens is 230 g/mol. The van der Waals surface area contributed by atoms with Crippen molar-refractivity contribution in [3.63, 3.8) is 0 Å². The first-order chi connectivity index (χ1) is 8.74. The van der Waals surface area contributed by atoms with E-state index in [2.05, 4.69) is 9.97 Å². The summed E-state index contributed by atoms with van der Waals surface area (Å²) in [5, 5.41) is 9.51. The first-order valence-electron chi connectivity index (χ1n) is 5.64. The highest BCUT2D eigenvalue weighted by Crippen LogP contribution is 2.35. The second-order valence-corrected chi connectivity index (χ2v) is 4.41. The van der Waals surface area contributed by atoms with Gasteiger partial charge in [-0.2, -0.15) is 0 Å². The van der Waals surface area contributed by atoms with E-state index < -0.39 is 0 Å². The molecule has 0 spiro atoms. The minimum Gasteiger partial charge on any atom is -0.508 e. The molecule has 0 atom stereocenters. The van der Waals surface area contributed by atoms with E-state index in [9.17, 15) is 9.90 Å². The Labute approximate surface area is 101 Å². The van der Waals surface area contributed by atoms with Gasteiger partial charge in [0.05, 0.1) is 11.4 Å². The molecule has 18 heavy (non-hydrogen) atoms. The molecule has 0 saturated carbocycles. The van der Waals surface area contributed by atoms with E-state index in [0.717, 1.165) is 22.5 Å². The molecule has 3 aromatic rings. The van der Waals surface area contributed by atoms with E-state index in [1.807, 2.05) is 10.5 Å². The van der Waals surface area contributed by atoms with Crippen LogP contribution in [0.5, 0.6) is 5.75 Å². The Morgan fingerprint density at radius 2 is 2.28 bits per heavy atom. The molecule has 88 valence electrons. The van der Waals surface area contributed by atoms with Crippen LogP contribution in [0.3, 0.4) is 0 Å². The third kappa shape index (κ3) is 1.05. The van der Waals surface area contributed by atoms with Gasteiger partial charge in [0.15, 0.2) is 0 Å². The van der Waals surface area contributed by atoms with Crippen LogP contribution in [0.4, 0.5) is 0 Å². The first kappa shape index (κ1) is 9.47. The summed E-state index contributed by atoms with van der Waals surface area (Å²) in [4.78, 5) is 18.8. The Balaban J connectivity index is 2.13. The number of benzene rings is 1. The van der Waals surface area contributed by atoms with Crippen molar-refractivity contribution in [2.24, 2.45) is 0 Å². The van der Waals surface area contributed by atoms with Crippen LogP contribution in [0.25, 0.3) is 16.9 Å². The number of rotatable bonds is 0. The van der Waals surface area contributed by atoms with Gasteiger partial charge in [-0.3, -0.25) is 9.20 Å². The third-order valence-electron chi connectivity index (χ3n) is 3.38. The molecule has 4 rings (SSSR count). The molecule has 5 nitrogen and oxygen atoms in total. The number of imidazole rings is 1. The average molecular weight is 239 g/mol. The number of hydrogen-bond donors (Lipinski definition) is 2. The summed E-state index contributed by atoms with van der Waals surface area (Å²) >= 11 is 0. The molecule has 0 saturated heterocycles. The Morgan fingerprint density at radius 3 is 3.17 bits per heavy atom. The highest BCUT2D eigenvalue weighted by atomic mass is 16.3. The largest absolute Gasteiger partial charge is 0.508 e. The van der Waals surface area contributed by atoms with E-state index in [1.54, 1.807) is 24.5 Å². The molecular formula is C13H9N3O2. The van der Waals surface area contributed by atoms with Crippen LogP contribution in [0.2, 0.25) is 0 Å². The minimum atomic E-state index is -0.195. The van der Waals surface area contributed by atoms with Crippen LogP contribution >= 0.6 is 0 Å². The number of hydrogen-bond acceptors (Lipinski definition) is 3. The van der Waals surface area contributed by atoms with Crippen molar-refractivity contribution in [3.05, 3.63) is 52.2 Å². The lowest BCUT2D eigenvalue weighted by Crippen LogP contribution is -2.13. The van der Waals surface area contributed by atoms with Gasteiger partial charge in [-0.05, 0) is 23.8 Å². The zero-order valence-electron chi connectivity index (χ0n) is 9.34. The van der Waals surface area contributed by atoms with Gasteiger partial charge in [-0.15, -0.1) is 0 Å². The van der Waals surface area contributed by atoms with Crippen molar-refractivity contribution in [3.8, 4) is 17.0 Å². The van der Waals surface area contributed by atoms with Crippen molar-refractivity contribution in [2.75, 3.05) is 0 Å². The highest BCUT2D eigenvalue weighted by molar-refractivity contribution is 5.74. The Bertz CT molecular complexity index is 845. The molecule has 2 N–H and O–H groups in total. The highest BCUT2D eigenvalue weighted by Gasteiger charge is 2.23. The fourth-order valence-electron chi connectivity index (χ4n) is 2.60. The molecule has 0 unspecified atom stereocenters. The lowest BCUT2D eigenvalue weighted by molar-refractivity contribution is 0.475. The fraction of sp³-hybridized carbons (Fsp3) is 0.0769. The molecule has 0 aliphatic heterocycles. The molecule has 0 bridgehead atoms. The zero-order chi connectivity index (χ0) is 12.3. The SMILES string of the molecule is O=c1[nH]c2c(n3ccnc13)Cc1cc(O)ccc1-2. The molecule has 0 radical (unpaired) electrons. The maximum absolute atomic E-state index is 11.9. The van der Waals surface area contributed by atoms with Crippen LogP contribution in [0, 0.1) is 0 Å². The van der Waals surface area contributed by atoms with Crippen LogP contribution < -0.4 is 5.56 Å². The van der Waals surface area contributed by atoms with Crippen LogP contribution in [-0.4, -0.2) is 19.5 Å². The number of phenols is 1. The van der Waals surface area contributed by atoms with Crippen molar-refractivity contribution in [1.29, 1.82) is 0 Å². The number of phenolic OH excluding ortho intramolecular Hbond substituents is 1. The third-order valence-corrected chi connectivity index (χ3v) is 3.38. The van der Waals surface area contributed by atoms with Gasteiger partial charge in [-0.25, -0.2) is 4.98 Å². The second kappa shape index (κ2) is 3.01. The van der Waals surface area contributed by atoms with Gasteiger partial charge in [0.1, 0.15) is 5.75 Å². The maximum Gasteiger partial charge on any atom is 0.292 e. The molecule has 2 aromatic heterocycles. The fourth-order valence-corrected chi connectivity index (χ4v) is 2.60. The zero-order valence-corrected chi connectivity index (χ0v) is 9.34. The van der Waals surface area contributed by atoms with Gasteiger partial charge in [0.2, 0.25) is 5.65 Å². The minimum absolute atomic E-state index is 0.195. The number of aromatic amines is 1. The number of nitrogens with one attached hydrogen (secondary N) is 1. The topological polar surface area (TPSA) is 70.4 Å². The maximum atomic E-state index is 11.9. The van der Waals surface area contributed by atoms with Crippen LogP contribution in [0.1, 0.15) is 11.3 Å². The number of nitrogens with zero attached hydrogens (tertiary/aromatic N) is 2. The number of aromatic hydroxyl groups is 1. The van der Waals surface area contributed by atoms with Gasteiger partial charge < -0.3 is 10.1 Å². The summed E-state index contributed by atoms with van der Waals surface area (Å²) < 4.78 is 1.81. The predicted octanol–water partition coefficient (Wildman–Crippen LogP) is 1.30. The van der Waals surface area contributed by atoms with Gasteiger partial charge in [-0.1, -0.05) is 0 Å². The van der Waals surface area contributed by atoms with Crippen molar-refractivity contribution >= 4 is 5.65 Å². The normalized spacial score (nSPS) is 12.7. The molecule has 5 heteroatoms. The Kier molecular flexibility index (Phi) is 1.58. The summed E-state index contributed by atoms with van der Waals surface area (Å²) in [7, 11) is 0. The monoisotopic (exact) mass is 239 g/mol. The lowest BCUT2D eigenvalue weighted by atomic mass is 10.1. The van der Waals surface area contributed by atoms with Gasteiger partial charge in [0, 0.05) is 24.4 Å². The summed E-state index contributed by atoms with van der Waals surface area (Å²) in [5.74, 6) is 0.241. The van der Waals surface area contributed by atoms with Crippen molar-refractivity contribution in [1.82, 2.24) is 14.4 Å². The van der Waals surface area contributed by atoms with E-state index in [-0.39, 0.29) is 11.3 Å². The number of aromatic nitrogens is 3. The van der Waals surface area contributed by atoms with Crippen LogP contribution in [-0.2, 0) is 6.42 Å². The molecule has 1 aromatic carbocycles. The summed E-state index contributed by atoms with van der Waals surface area (Å²) in [6.45, 7) is 0. The summed E-state index contributed by atoms with van der Waals surface area (Å²) in [6, 6.07) is 5.19. The lowest BCUT2D eigenvalue weighted by Gasteiger charge is -2.03. The molecule has 2 heterocycles. The van der Waals surface area contributed by atoms with E-state index in [1.165, 1.54) is 0 Å². The van der Waals surface area contributed by atoms with E-state index in [4.69, 9.17) is 0 Å². The van der Waals surface area contributed by atoms with Crippen LogP contribution in [0.15, 0.2) is 35.4 Å². The van der Waals surface area contributed by atoms with Gasteiger partial charge in [0.25, 0.3) is 5.56 Å². The molecule has 1 aliphatic carbocycles. The van der Waals surface area contributed by atoms with Gasteiger partial charge >= 0.3 is 0 Å². The summed E-state index contributed by atoms with van der Waals surface area (Å²) in [6.07, 6.45) is 4.09. The quantitative estimate of drug-likeness (QED) is 0.486. The van der Waals surface area contributed by atoms with E-state index >= 15 is 0 Å².